The predicted octanol–water partition coefficient (Wildman–Crippen LogP) is 5.13. The highest BCUT2D eigenvalue weighted by molar-refractivity contribution is 9.10. The molecule has 0 saturated carbocycles. The fourth-order valence-electron chi connectivity index (χ4n) is 2.43. The van der Waals surface area contributed by atoms with Gasteiger partial charge in [-0.05, 0) is 33.6 Å². The Hall–Kier alpha value is -1.54. The number of rotatable bonds is 6. The first-order chi connectivity index (χ1) is 12.8. The summed E-state index contributed by atoms with van der Waals surface area (Å²) in [6.45, 7) is 2.65. The van der Waals surface area contributed by atoms with Crippen molar-refractivity contribution >= 4 is 62.5 Å². The Labute approximate surface area is 179 Å². The molecule has 1 N–H and O–H groups in total. The number of benzene rings is 1. The Bertz CT molecular complexity index is 971. The first-order valence-electron chi connectivity index (χ1n) is 7.97. The van der Waals surface area contributed by atoms with Crippen molar-refractivity contribution in [3.05, 3.63) is 61.9 Å². The number of halogens is 4. The summed E-state index contributed by atoms with van der Waals surface area (Å²) in [5.74, 6) is -0.206. The molecule has 142 valence electrons. The van der Waals surface area contributed by atoms with Crippen LogP contribution < -0.4 is 5.32 Å². The fourth-order valence-corrected chi connectivity index (χ4v) is 3.42. The number of hydrogen-bond donors (Lipinski definition) is 1. The molecule has 1 atom stereocenters. The van der Waals surface area contributed by atoms with Crippen molar-refractivity contribution in [2.75, 3.05) is 5.32 Å². The van der Waals surface area contributed by atoms with E-state index in [4.69, 9.17) is 34.8 Å². The highest BCUT2D eigenvalue weighted by atomic mass is 79.9. The maximum Gasteiger partial charge on any atom is 0.230 e. The van der Waals surface area contributed by atoms with E-state index < -0.39 is 0 Å². The molecule has 3 aromatic rings. The Balaban J connectivity index is 1.66. The summed E-state index contributed by atoms with van der Waals surface area (Å²) < 4.78 is 4.16. The largest absolute Gasteiger partial charge is 0.308 e. The van der Waals surface area contributed by atoms with Gasteiger partial charge in [0, 0.05) is 22.4 Å². The summed E-state index contributed by atoms with van der Waals surface area (Å²) in [6, 6.07) is 5.25. The molecule has 1 aromatic carbocycles. The molecule has 2 heterocycles. The standard InChI is InChI=1S/C17H15BrCl3N5O/c1-10(6-25-8-12(18)5-22-25)17(27)23-16-15(21)9-26(24-16)7-11-2-3-13(19)4-14(11)20/h2-5,8-10H,6-7H2,1H3,(H,23,24,27). The second kappa shape index (κ2) is 8.65. The highest BCUT2D eigenvalue weighted by Crippen LogP contribution is 2.24. The van der Waals surface area contributed by atoms with Crippen LogP contribution in [0.1, 0.15) is 12.5 Å². The van der Waals surface area contributed by atoms with Gasteiger partial charge in [0.25, 0.3) is 0 Å². The van der Waals surface area contributed by atoms with Gasteiger partial charge in [-0.3, -0.25) is 14.2 Å². The van der Waals surface area contributed by atoms with Crippen molar-refractivity contribution in [1.29, 1.82) is 0 Å². The van der Waals surface area contributed by atoms with Crippen LogP contribution in [0.2, 0.25) is 15.1 Å². The minimum absolute atomic E-state index is 0.196. The fraction of sp³-hybridized carbons (Fsp3) is 0.235. The molecule has 0 aliphatic rings. The third-order valence-corrected chi connectivity index (χ3v) is 5.09. The zero-order valence-electron chi connectivity index (χ0n) is 14.2. The first-order valence-corrected chi connectivity index (χ1v) is 9.90. The van der Waals surface area contributed by atoms with E-state index in [1.807, 2.05) is 13.0 Å². The van der Waals surface area contributed by atoms with Crippen molar-refractivity contribution in [2.45, 2.75) is 20.0 Å². The summed E-state index contributed by atoms with van der Waals surface area (Å²) in [4.78, 5) is 12.4. The maximum atomic E-state index is 12.4. The van der Waals surface area contributed by atoms with Gasteiger partial charge in [0.15, 0.2) is 5.82 Å². The van der Waals surface area contributed by atoms with Gasteiger partial charge in [-0.25, -0.2) is 0 Å². The third kappa shape index (κ3) is 5.25. The molecule has 0 saturated heterocycles. The molecule has 3 rings (SSSR count). The molecule has 2 aromatic heterocycles. The Morgan fingerprint density at radius 1 is 1.22 bits per heavy atom. The smallest absolute Gasteiger partial charge is 0.230 e. The average Bonchev–Trinajstić information content (AvgIpc) is 3.15. The molecule has 27 heavy (non-hydrogen) atoms. The van der Waals surface area contributed by atoms with Gasteiger partial charge < -0.3 is 5.32 Å². The number of carbonyl (C=O) groups excluding carboxylic acids is 1. The van der Waals surface area contributed by atoms with E-state index in [-0.39, 0.29) is 11.8 Å². The SMILES string of the molecule is CC(Cn1cc(Br)cn1)C(=O)Nc1nn(Cc2ccc(Cl)cc2Cl)cc1Cl. The van der Waals surface area contributed by atoms with Gasteiger partial charge >= 0.3 is 0 Å². The van der Waals surface area contributed by atoms with E-state index in [1.54, 1.807) is 40.1 Å². The van der Waals surface area contributed by atoms with Crippen LogP contribution in [-0.2, 0) is 17.9 Å². The van der Waals surface area contributed by atoms with Crippen LogP contribution in [0, 0.1) is 5.92 Å². The van der Waals surface area contributed by atoms with E-state index in [2.05, 4.69) is 31.4 Å². The van der Waals surface area contributed by atoms with Crippen molar-refractivity contribution in [2.24, 2.45) is 5.92 Å². The van der Waals surface area contributed by atoms with Crippen molar-refractivity contribution in [1.82, 2.24) is 19.6 Å². The minimum atomic E-state index is -0.316. The van der Waals surface area contributed by atoms with Gasteiger partial charge in [0.05, 0.1) is 29.7 Å². The van der Waals surface area contributed by atoms with Crippen LogP contribution in [0.5, 0.6) is 0 Å². The molecule has 1 amide bonds. The molecule has 10 heteroatoms. The molecule has 1 unspecified atom stereocenters. The van der Waals surface area contributed by atoms with Crippen molar-refractivity contribution in [3.63, 3.8) is 0 Å². The first kappa shape index (κ1) is 20.2. The zero-order valence-corrected chi connectivity index (χ0v) is 18.0. The number of aromatic nitrogens is 4. The van der Waals surface area contributed by atoms with E-state index in [0.29, 0.717) is 34.0 Å². The normalized spacial score (nSPS) is 12.2. The molecular formula is C17H15BrCl3N5O. The molecule has 0 aliphatic carbocycles. The number of amides is 1. The second-order valence-electron chi connectivity index (χ2n) is 6.03. The van der Waals surface area contributed by atoms with Crippen LogP contribution in [0.25, 0.3) is 0 Å². The lowest BCUT2D eigenvalue weighted by atomic mass is 10.1. The van der Waals surface area contributed by atoms with E-state index in [0.717, 1.165) is 10.0 Å². The maximum absolute atomic E-state index is 12.4. The molecule has 0 radical (unpaired) electrons. The van der Waals surface area contributed by atoms with Crippen LogP contribution in [0.3, 0.4) is 0 Å². The summed E-state index contributed by atoms with van der Waals surface area (Å²) in [6.07, 6.45) is 5.11. The third-order valence-electron chi connectivity index (χ3n) is 3.82. The number of carbonyl (C=O) groups is 1. The minimum Gasteiger partial charge on any atom is -0.308 e. The van der Waals surface area contributed by atoms with Gasteiger partial charge in [0.2, 0.25) is 5.91 Å². The molecule has 0 spiro atoms. The molecule has 6 nitrogen and oxygen atoms in total. The van der Waals surface area contributed by atoms with Crippen LogP contribution in [0.4, 0.5) is 5.82 Å². The molecule has 0 fully saturated rings. The second-order valence-corrected chi connectivity index (χ2v) is 8.20. The Kier molecular flexibility index (Phi) is 6.47. The zero-order chi connectivity index (χ0) is 19.6. The average molecular weight is 492 g/mol. The highest BCUT2D eigenvalue weighted by Gasteiger charge is 2.18. The predicted molar refractivity (Wildman–Crippen MR) is 111 cm³/mol. The molecular weight excluding hydrogens is 476 g/mol. The van der Waals surface area contributed by atoms with Gasteiger partial charge in [-0.1, -0.05) is 47.8 Å². The molecule has 0 bridgehead atoms. The van der Waals surface area contributed by atoms with Gasteiger partial charge in [-0.15, -0.1) is 0 Å². The summed E-state index contributed by atoms with van der Waals surface area (Å²) in [5, 5.41) is 12.7. The number of nitrogens with one attached hydrogen (secondary N) is 1. The van der Waals surface area contributed by atoms with Gasteiger partial charge in [-0.2, -0.15) is 10.2 Å². The van der Waals surface area contributed by atoms with Crippen LogP contribution in [0.15, 0.2) is 41.3 Å². The van der Waals surface area contributed by atoms with Gasteiger partial charge in [0.1, 0.15) is 5.02 Å². The topological polar surface area (TPSA) is 64.7 Å². The Morgan fingerprint density at radius 3 is 2.67 bits per heavy atom. The van der Waals surface area contributed by atoms with Crippen LogP contribution >= 0.6 is 50.7 Å². The summed E-state index contributed by atoms with van der Waals surface area (Å²) in [5.41, 5.74) is 0.843. The van der Waals surface area contributed by atoms with E-state index in [9.17, 15) is 4.79 Å². The number of anilines is 1. The number of nitrogens with zero attached hydrogens (tertiary/aromatic N) is 4. The lowest BCUT2D eigenvalue weighted by Gasteiger charge is -2.11. The monoisotopic (exact) mass is 489 g/mol. The molecule has 0 aliphatic heterocycles. The quantitative estimate of drug-likeness (QED) is 0.520. The summed E-state index contributed by atoms with van der Waals surface area (Å²) >= 11 is 21.6. The lowest BCUT2D eigenvalue weighted by molar-refractivity contribution is -0.119. The Morgan fingerprint density at radius 2 is 2.00 bits per heavy atom. The van der Waals surface area contributed by atoms with E-state index >= 15 is 0 Å². The van der Waals surface area contributed by atoms with Crippen LogP contribution in [-0.4, -0.2) is 25.5 Å². The number of hydrogen-bond acceptors (Lipinski definition) is 3. The van der Waals surface area contributed by atoms with Crippen molar-refractivity contribution < 1.29 is 4.79 Å². The lowest BCUT2D eigenvalue weighted by Crippen LogP contribution is -2.25. The van der Waals surface area contributed by atoms with E-state index in [1.165, 1.54) is 0 Å². The van der Waals surface area contributed by atoms with Crippen molar-refractivity contribution in [3.8, 4) is 0 Å². The summed E-state index contributed by atoms with van der Waals surface area (Å²) in [7, 11) is 0.